The molecule has 1 rings (SSSR count). The Morgan fingerprint density at radius 1 is 1.19 bits per heavy atom. The molecule has 90 valence electrons. The van der Waals surface area contributed by atoms with Gasteiger partial charge in [-0.2, -0.15) is 0 Å². The molecule has 0 aromatic heterocycles. The summed E-state index contributed by atoms with van der Waals surface area (Å²) >= 11 is 0. The van der Waals surface area contributed by atoms with Crippen molar-refractivity contribution in [1.82, 2.24) is 0 Å². The van der Waals surface area contributed by atoms with Crippen molar-refractivity contribution < 1.29 is 13.5 Å². The van der Waals surface area contributed by atoms with Crippen LogP contribution in [0, 0.1) is 0 Å². The molecular formula is C12H18O3S. The van der Waals surface area contributed by atoms with E-state index in [4.69, 9.17) is 0 Å². The number of rotatable bonds is 4. The third kappa shape index (κ3) is 2.83. The van der Waals surface area contributed by atoms with Crippen molar-refractivity contribution in [2.75, 3.05) is 5.75 Å². The second-order valence-corrected chi connectivity index (χ2v) is 6.28. The van der Waals surface area contributed by atoms with E-state index < -0.39 is 15.9 Å². The minimum absolute atomic E-state index is 0.0124. The van der Waals surface area contributed by atoms with Gasteiger partial charge in [-0.1, -0.05) is 26.0 Å². The molecule has 0 amide bonds. The highest BCUT2D eigenvalue weighted by molar-refractivity contribution is 7.91. The molecule has 4 heteroatoms. The number of aliphatic hydroxyl groups excluding tert-OH is 1. The highest BCUT2D eigenvalue weighted by Crippen LogP contribution is 2.21. The first kappa shape index (κ1) is 13.2. The molecule has 0 aliphatic carbocycles. The van der Waals surface area contributed by atoms with Crippen molar-refractivity contribution >= 4 is 9.84 Å². The van der Waals surface area contributed by atoms with Crippen LogP contribution in [0.25, 0.3) is 0 Å². The maximum absolute atomic E-state index is 11.6. The van der Waals surface area contributed by atoms with Crippen LogP contribution in [-0.4, -0.2) is 25.4 Å². The largest absolute Gasteiger partial charge is 0.393 e. The van der Waals surface area contributed by atoms with E-state index in [1.807, 2.05) is 6.92 Å². The Labute approximate surface area is 97.0 Å². The Morgan fingerprint density at radius 3 is 2.06 bits per heavy atom. The standard InChI is InChI=1S/C12H18O3S/c1-4-16(14,15)12-7-5-11(6-8-12)9(2)10(3)13/h5-10,13H,4H2,1-3H3. The molecular weight excluding hydrogens is 224 g/mol. The Balaban J connectivity index is 3.01. The molecule has 1 N–H and O–H groups in total. The Hall–Kier alpha value is -0.870. The Kier molecular flexibility index (Phi) is 4.10. The molecule has 0 fully saturated rings. The minimum Gasteiger partial charge on any atom is -0.393 e. The van der Waals surface area contributed by atoms with Crippen LogP contribution < -0.4 is 0 Å². The van der Waals surface area contributed by atoms with Crippen molar-refractivity contribution in [3.63, 3.8) is 0 Å². The lowest BCUT2D eigenvalue weighted by molar-refractivity contribution is 0.169. The fourth-order valence-electron chi connectivity index (χ4n) is 1.42. The van der Waals surface area contributed by atoms with Gasteiger partial charge in [0.05, 0.1) is 16.8 Å². The van der Waals surface area contributed by atoms with Crippen LogP contribution in [0.1, 0.15) is 32.3 Å². The first-order chi connectivity index (χ1) is 7.38. The van der Waals surface area contributed by atoms with Gasteiger partial charge >= 0.3 is 0 Å². The van der Waals surface area contributed by atoms with Gasteiger partial charge in [0, 0.05) is 5.92 Å². The van der Waals surface area contributed by atoms with Gasteiger partial charge in [-0.15, -0.1) is 0 Å². The lowest BCUT2D eigenvalue weighted by Crippen LogP contribution is -2.11. The second kappa shape index (κ2) is 4.97. The lowest BCUT2D eigenvalue weighted by Gasteiger charge is -2.15. The predicted octanol–water partition coefficient (Wildman–Crippen LogP) is 1.96. The maximum atomic E-state index is 11.6. The first-order valence-corrected chi connectivity index (χ1v) is 7.04. The zero-order chi connectivity index (χ0) is 12.3. The van der Waals surface area contributed by atoms with E-state index >= 15 is 0 Å². The van der Waals surface area contributed by atoms with E-state index in [1.54, 1.807) is 38.1 Å². The summed E-state index contributed by atoms with van der Waals surface area (Å²) in [5.74, 6) is 0.122. The molecule has 0 spiro atoms. The van der Waals surface area contributed by atoms with Crippen molar-refractivity contribution in [3.8, 4) is 0 Å². The third-order valence-electron chi connectivity index (χ3n) is 2.87. The van der Waals surface area contributed by atoms with Crippen LogP contribution in [0.4, 0.5) is 0 Å². The van der Waals surface area contributed by atoms with Crippen LogP contribution >= 0.6 is 0 Å². The van der Waals surface area contributed by atoms with Gasteiger partial charge in [-0.25, -0.2) is 8.42 Å². The van der Waals surface area contributed by atoms with Crippen LogP contribution in [0.5, 0.6) is 0 Å². The maximum Gasteiger partial charge on any atom is 0.178 e. The summed E-state index contributed by atoms with van der Waals surface area (Å²) in [7, 11) is -3.12. The van der Waals surface area contributed by atoms with E-state index in [0.717, 1.165) is 5.56 Å². The van der Waals surface area contributed by atoms with Crippen LogP contribution in [0.2, 0.25) is 0 Å². The normalized spacial score (nSPS) is 15.8. The molecule has 0 saturated carbocycles. The van der Waals surface area contributed by atoms with E-state index in [0.29, 0.717) is 4.90 Å². The first-order valence-electron chi connectivity index (χ1n) is 5.39. The van der Waals surface area contributed by atoms with Gasteiger partial charge in [-0.05, 0) is 24.6 Å². The topological polar surface area (TPSA) is 54.4 Å². The quantitative estimate of drug-likeness (QED) is 0.878. The van der Waals surface area contributed by atoms with Gasteiger partial charge in [0.1, 0.15) is 0 Å². The van der Waals surface area contributed by atoms with Crippen molar-refractivity contribution in [3.05, 3.63) is 29.8 Å². The molecule has 2 unspecified atom stereocenters. The summed E-state index contributed by atoms with van der Waals surface area (Å²) in [6, 6.07) is 6.74. The molecule has 0 aliphatic heterocycles. The minimum atomic E-state index is -3.12. The van der Waals surface area contributed by atoms with Crippen molar-refractivity contribution in [2.24, 2.45) is 0 Å². The van der Waals surface area contributed by atoms with Crippen LogP contribution in [-0.2, 0) is 9.84 Å². The van der Waals surface area contributed by atoms with E-state index in [2.05, 4.69) is 0 Å². The fourth-order valence-corrected chi connectivity index (χ4v) is 2.31. The molecule has 0 radical (unpaired) electrons. The van der Waals surface area contributed by atoms with E-state index in [9.17, 15) is 13.5 Å². The molecule has 0 bridgehead atoms. The molecule has 0 aliphatic rings. The number of benzene rings is 1. The SMILES string of the molecule is CCS(=O)(=O)c1ccc(C(C)C(C)O)cc1. The summed E-state index contributed by atoms with van der Waals surface area (Å²) in [6.45, 7) is 5.26. The lowest BCUT2D eigenvalue weighted by atomic mass is 9.97. The van der Waals surface area contributed by atoms with Crippen LogP contribution in [0.3, 0.4) is 0 Å². The average molecular weight is 242 g/mol. The summed E-state index contributed by atoms with van der Waals surface area (Å²) in [5.41, 5.74) is 0.949. The van der Waals surface area contributed by atoms with Gasteiger partial charge in [0.25, 0.3) is 0 Å². The summed E-state index contributed by atoms with van der Waals surface area (Å²) in [5, 5.41) is 9.43. The zero-order valence-electron chi connectivity index (χ0n) is 9.84. The number of hydrogen-bond acceptors (Lipinski definition) is 3. The Bertz CT molecular complexity index is 432. The smallest absolute Gasteiger partial charge is 0.178 e. The number of aliphatic hydroxyl groups is 1. The van der Waals surface area contributed by atoms with Gasteiger partial charge in [0.15, 0.2) is 9.84 Å². The van der Waals surface area contributed by atoms with Gasteiger partial charge in [0.2, 0.25) is 0 Å². The summed E-state index contributed by atoms with van der Waals surface area (Å²) in [6.07, 6.45) is -0.436. The van der Waals surface area contributed by atoms with Crippen molar-refractivity contribution in [2.45, 2.75) is 37.7 Å². The van der Waals surface area contributed by atoms with E-state index in [1.165, 1.54) is 0 Å². The molecule has 1 aromatic carbocycles. The fraction of sp³-hybridized carbons (Fsp3) is 0.500. The number of hydrogen-bond donors (Lipinski definition) is 1. The molecule has 0 heterocycles. The summed E-state index contributed by atoms with van der Waals surface area (Å²) in [4.78, 5) is 0.344. The number of sulfone groups is 1. The molecule has 0 saturated heterocycles. The third-order valence-corrected chi connectivity index (χ3v) is 4.62. The second-order valence-electron chi connectivity index (χ2n) is 4.00. The molecule has 3 nitrogen and oxygen atoms in total. The monoisotopic (exact) mass is 242 g/mol. The molecule has 2 atom stereocenters. The molecule has 16 heavy (non-hydrogen) atoms. The highest BCUT2D eigenvalue weighted by Gasteiger charge is 2.14. The highest BCUT2D eigenvalue weighted by atomic mass is 32.2. The van der Waals surface area contributed by atoms with E-state index in [-0.39, 0.29) is 11.7 Å². The van der Waals surface area contributed by atoms with Gasteiger partial charge in [-0.3, -0.25) is 0 Å². The molecule has 1 aromatic rings. The summed E-state index contributed by atoms with van der Waals surface area (Å²) < 4.78 is 23.1. The van der Waals surface area contributed by atoms with Crippen LogP contribution in [0.15, 0.2) is 29.2 Å². The van der Waals surface area contributed by atoms with Gasteiger partial charge < -0.3 is 5.11 Å². The zero-order valence-corrected chi connectivity index (χ0v) is 10.7. The average Bonchev–Trinajstić information content (AvgIpc) is 2.28. The van der Waals surface area contributed by atoms with Crippen molar-refractivity contribution in [1.29, 1.82) is 0 Å². The predicted molar refractivity (Wildman–Crippen MR) is 64.3 cm³/mol. The Morgan fingerprint density at radius 2 is 1.69 bits per heavy atom.